The van der Waals surface area contributed by atoms with E-state index in [4.69, 9.17) is 39.8 Å². The molecule has 1 aromatic carbocycles. The Hall–Kier alpha value is -1.73. The van der Waals surface area contributed by atoms with Crippen LogP contribution in [0.5, 0.6) is 0 Å². The number of fused-ring (bicyclic) bond motifs is 2. The van der Waals surface area contributed by atoms with Gasteiger partial charge in [-0.25, -0.2) is 9.78 Å². The fraction of sp³-hybridized carbons (Fsp3) is 0.235. The van der Waals surface area contributed by atoms with Crippen LogP contribution in [0, 0.1) is 4.77 Å². The van der Waals surface area contributed by atoms with E-state index in [2.05, 4.69) is 14.9 Å². The largest absolute Gasteiger partial charge is 0.422 e. The Kier molecular flexibility index (Phi) is 4.37. The third-order valence-corrected chi connectivity index (χ3v) is 5.20. The van der Waals surface area contributed by atoms with Crippen LogP contribution in [0.2, 0.25) is 10.0 Å². The van der Waals surface area contributed by atoms with Gasteiger partial charge in [0, 0.05) is 53.9 Å². The zero-order valence-corrected chi connectivity index (χ0v) is 15.3. The minimum atomic E-state index is -0.420. The molecule has 5 nitrogen and oxygen atoms in total. The fourth-order valence-electron chi connectivity index (χ4n) is 3.07. The fourth-order valence-corrected chi connectivity index (χ4v) is 3.71. The van der Waals surface area contributed by atoms with E-state index in [0.29, 0.717) is 44.4 Å². The molecule has 1 aliphatic rings. The SMILES string of the molecule is O=c1oc2ccc(Cl)cc2c(Cl)c1CN1CCc2[nH]c(=S)ncc2C1. The van der Waals surface area contributed by atoms with Gasteiger partial charge in [-0.15, -0.1) is 0 Å². The molecular weight excluding hydrogens is 381 g/mol. The van der Waals surface area contributed by atoms with Crippen LogP contribution in [-0.2, 0) is 19.5 Å². The molecule has 8 heteroatoms. The number of hydrogen-bond acceptors (Lipinski definition) is 5. The zero-order valence-electron chi connectivity index (χ0n) is 13.0. The number of halogens is 2. The van der Waals surface area contributed by atoms with Gasteiger partial charge in [-0.3, -0.25) is 4.90 Å². The lowest BCUT2D eigenvalue weighted by atomic mass is 10.1. The summed E-state index contributed by atoms with van der Waals surface area (Å²) in [7, 11) is 0. The van der Waals surface area contributed by atoms with Crippen molar-refractivity contribution in [1.29, 1.82) is 0 Å². The first kappa shape index (κ1) is 16.7. The Balaban J connectivity index is 1.68. The summed E-state index contributed by atoms with van der Waals surface area (Å²) in [4.78, 5) is 21.7. The quantitative estimate of drug-likeness (QED) is 0.524. The minimum absolute atomic E-state index is 0.394. The van der Waals surface area contributed by atoms with Crippen LogP contribution in [0.4, 0.5) is 0 Å². The highest BCUT2D eigenvalue weighted by Gasteiger charge is 2.21. The van der Waals surface area contributed by atoms with Crippen molar-refractivity contribution in [2.75, 3.05) is 6.54 Å². The van der Waals surface area contributed by atoms with Gasteiger partial charge in [0.15, 0.2) is 4.77 Å². The van der Waals surface area contributed by atoms with Crippen molar-refractivity contribution in [2.24, 2.45) is 0 Å². The molecule has 4 rings (SSSR count). The van der Waals surface area contributed by atoms with E-state index in [0.717, 1.165) is 24.2 Å². The predicted molar refractivity (Wildman–Crippen MR) is 99.7 cm³/mol. The third kappa shape index (κ3) is 3.22. The van der Waals surface area contributed by atoms with Crippen molar-refractivity contribution in [3.05, 3.63) is 66.5 Å². The molecule has 0 saturated heterocycles. The smallest absolute Gasteiger partial charge is 0.342 e. The molecule has 0 unspecified atom stereocenters. The molecule has 3 aromatic rings. The van der Waals surface area contributed by atoms with E-state index in [1.807, 2.05) is 0 Å². The molecule has 0 amide bonds. The average molecular weight is 394 g/mol. The monoisotopic (exact) mass is 393 g/mol. The van der Waals surface area contributed by atoms with Gasteiger partial charge in [0.2, 0.25) is 0 Å². The van der Waals surface area contributed by atoms with E-state index in [9.17, 15) is 4.79 Å². The lowest BCUT2D eigenvalue weighted by molar-refractivity contribution is 0.240. The summed E-state index contributed by atoms with van der Waals surface area (Å²) in [5.41, 5.74) is 2.63. The second-order valence-corrected chi connectivity index (χ2v) is 7.18. The van der Waals surface area contributed by atoms with Crippen LogP contribution in [-0.4, -0.2) is 21.4 Å². The second-order valence-electron chi connectivity index (χ2n) is 5.98. The molecule has 1 N–H and O–H groups in total. The maximum absolute atomic E-state index is 12.4. The van der Waals surface area contributed by atoms with E-state index in [1.165, 1.54) is 0 Å². The van der Waals surface area contributed by atoms with Gasteiger partial charge in [0.25, 0.3) is 0 Å². The maximum atomic E-state index is 12.4. The zero-order chi connectivity index (χ0) is 17.6. The van der Waals surface area contributed by atoms with E-state index in [1.54, 1.807) is 24.4 Å². The van der Waals surface area contributed by atoms with E-state index >= 15 is 0 Å². The average Bonchev–Trinajstić information content (AvgIpc) is 2.59. The summed E-state index contributed by atoms with van der Waals surface area (Å²) in [6.07, 6.45) is 2.59. The standard InChI is InChI=1S/C17H13Cl2N3O2S/c18-10-1-2-14-11(5-10)15(19)12(16(23)24-14)8-22-4-3-13-9(7-22)6-20-17(25)21-13/h1-2,5-6H,3-4,7-8H2,(H,20,21,25). The van der Waals surface area contributed by atoms with Crippen LogP contribution < -0.4 is 5.63 Å². The number of nitrogens with one attached hydrogen (secondary N) is 1. The Morgan fingerprint density at radius 2 is 2.20 bits per heavy atom. The predicted octanol–water partition coefficient (Wildman–Crippen LogP) is 4.11. The lowest BCUT2D eigenvalue weighted by Gasteiger charge is -2.28. The van der Waals surface area contributed by atoms with Gasteiger partial charge in [-0.05, 0) is 30.4 Å². The summed E-state index contributed by atoms with van der Waals surface area (Å²) in [5.74, 6) is 0. The summed E-state index contributed by atoms with van der Waals surface area (Å²) >= 11 is 17.6. The van der Waals surface area contributed by atoms with Crippen molar-refractivity contribution in [3.8, 4) is 0 Å². The number of H-pyrrole nitrogens is 1. The first-order chi connectivity index (χ1) is 12.0. The van der Waals surface area contributed by atoms with Crippen molar-refractivity contribution in [1.82, 2.24) is 14.9 Å². The Morgan fingerprint density at radius 1 is 1.36 bits per heavy atom. The van der Waals surface area contributed by atoms with Crippen molar-refractivity contribution in [3.63, 3.8) is 0 Å². The van der Waals surface area contributed by atoms with Gasteiger partial charge in [0.05, 0.1) is 10.6 Å². The molecule has 128 valence electrons. The number of aromatic nitrogens is 2. The van der Waals surface area contributed by atoms with Gasteiger partial charge in [-0.1, -0.05) is 23.2 Å². The summed E-state index contributed by atoms with van der Waals surface area (Å²) in [6.45, 7) is 1.85. The van der Waals surface area contributed by atoms with Crippen LogP contribution in [0.25, 0.3) is 11.0 Å². The molecule has 0 bridgehead atoms. The summed E-state index contributed by atoms with van der Waals surface area (Å²) in [6, 6.07) is 5.03. The van der Waals surface area contributed by atoms with Crippen LogP contribution in [0.3, 0.4) is 0 Å². The number of nitrogens with zero attached hydrogens (tertiary/aromatic N) is 2. The molecule has 0 radical (unpaired) electrons. The molecule has 0 aliphatic carbocycles. The minimum Gasteiger partial charge on any atom is -0.422 e. The highest BCUT2D eigenvalue weighted by molar-refractivity contribution is 7.71. The number of benzene rings is 1. The molecule has 0 spiro atoms. The Morgan fingerprint density at radius 3 is 3.04 bits per heavy atom. The molecular formula is C17H13Cl2N3O2S. The van der Waals surface area contributed by atoms with Gasteiger partial charge < -0.3 is 9.40 Å². The number of hydrogen-bond donors (Lipinski definition) is 1. The van der Waals surface area contributed by atoms with Crippen LogP contribution in [0.15, 0.2) is 33.6 Å². The second kappa shape index (κ2) is 6.53. The van der Waals surface area contributed by atoms with Crippen LogP contribution >= 0.6 is 35.4 Å². The van der Waals surface area contributed by atoms with Crippen molar-refractivity contribution < 1.29 is 4.42 Å². The number of rotatable bonds is 2. The van der Waals surface area contributed by atoms with Gasteiger partial charge >= 0.3 is 5.63 Å². The van der Waals surface area contributed by atoms with Gasteiger partial charge in [0.1, 0.15) is 5.58 Å². The molecule has 1 aliphatic heterocycles. The Bertz CT molecular complexity index is 1090. The highest BCUT2D eigenvalue weighted by atomic mass is 35.5. The molecule has 3 heterocycles. The molecule has 0 saturated carbocycles. The van der Waals surface area contributed by atoms with E-state index < -0.39 is 5.63 Å². The summed E-state index contributed by atoms with van der Waals surface area (Å²) in [5, 5.41) is 1.58. The van der Waals surface area contributed by atoms with Crippen LogP contribution in [0.1, 0.15) is 16.8 Å². The number of aromatic amines is 1. The molecule has 0 atom stereocenters. The normalized spacial score (nSPS) is 14.6. The maximum Gasteiger partial charge on any atom is 0.342 e. The first-order valence-electron chi connectivity index (χ1n) is 7.71. The topological polar surface area (TPSA) is 62.1 Å². The molecule has 0 fully saturated rings. The molecule has 25 heavy (non-hydrogen) atoms. The Labute approximate surface area is 158 Å². The van der Waals surface area contributed by atoms with Gasteiger partial charge in [-0.2, -0.15) is 0 Å². The lowest BCUT2D eigenvalue weighted by Crippen LogP contribution is -2.32. The third-order valence-electron chi connectivity index (χ3n) is 4.33. The first-order valence-corrected chi connectivity index (χ1v) is 8.88. The highest BCUT2D eigenvalue weighted by Crippen LogP contribution is 2.29. The van der Waals surface area contributed by atoms with E-state index in [-0.39, 0.29) is 0 Å². The summed E-state index contributed by atoms with van der Waals surface area (Å²) < 4.78 is 5.89. The van der Waals surface area contributed by atoms with Crippen molar-refractivity contribution >= 4 is 46.4 Å². The van der Waals surface area contributed by atoms with Crippen molar-refractivity contribution in [2.45, 2.75) is 19.5 Å². The molecule has 2 aromatic heterocycles.